The zero-order chi connectivity index (χ0) is 24.7. The van der Waals surface area contributed by atoms with Gasteiger partial charge in [0.15, 0.2) is 5.65 Å². The van der Waals surface area contributed by atoms with Crippen molar-refractivity contribution in [3.63, 3.8) is 0 Å². The zero-order valence-corrected chi connectivity index (χ0v) is 19.5. The lowest BCUT2D eigenvalue weighted by atomic mass is 9.96. The lowest BCUT2D eigenvalue weighted by molar-refractivity contribution is -0.138. The first-order chi connectivity index (χ1) is 16.7. The summed E-state index contributed by atoms with van der Waals surface area (Å²) in [7, 11) is -3.03. The molecular formula is C22H24F2N6O4S. The normalized spacial score (nSPS) is 18.7. The Bertz CT molecular complexity index is 1360. The largest absolute Gasteiger partial charge is 0.481 e. The summed E-state index contributed by atoms with van der Waals surface area (Å²) in [5.74, 6) is 0.158. The van der Waals surface area contributed by atoms with Gasteiger partial charge < -0.3 is 15.3 Å². The Kier molecular flexibility index (Phi) is 6.03. The average molecular weight is 507 g/mol. The first-order valence-electron chi connectivity index (χ1n) is 11.3. The van der Waals surface area contributed by atoms with E-state index in [9.17, 15) is 22.0 Å². The number of carboxylic acids is 1. The van der Waals surface area contributed by atoms with Gasteiger partial charge in [0.1, 0.15) is 15.7 Å². The quantitative estimate of drug-likeness (QED) is 0.497. The summed E-state index contributed by atoms with van der Waals surface area (Å²) < 4.78 is 51.6. The highest BCUT2D eigenvalue weighted by molar-refractivity contribution is 7.91. The van der Waals surface area contributed by atoms with Crippen LogP contribution in [0.5, 0.6) is 0 Å². The van der Waals surface area contributed by atoms with Crippen molar-refractivity contribution >= 4 is 38.6 Å². The number of fused-ring (bicyclic) bond motifs is 1. The Morgan fingerprint density at radius 2 is 1.94 bits per heavy atom. The number of hydrogen-bond acceptors (Lipinski definition) is 8. The smallest absolute Gasteiger partial charge is 0.303 e. The number of aromatic nitrogens is 4. The molecule has 13 heteroatoms. The third-order valence-electron chi connectivity index (χ3n) is 6.38. The molecule has 35 heavy (non-hydrogen) atoms. The molecule has 0 atom stereocenters. The van der Waals surface area contributed by atoms with Gasteiger partial charge in [-0.15, -0.1) is 0 Å². The van der Waals surface area contributed by atoms with Gasteiger partial charge in [-0.1, -0.05) is 12.1 Å². The minimum atomic E-state index is -3.03. The average Bonchev–Trinajstić information content (AvgIpc) is 3.21. The minimum Gasteiger partial charge on any atom is -0.481 e. The van der Waals surface area contributed by atoms with E-state index in [2.05, 4.69) is 20.4 Å². The number of sulfone groups is 1. The van der Waals surface area contributed by atoms with Gasteiger partial charge in [-0.2, -0.15) is 15.1 Å². The second-order valence-electron chi connectivity index (χ2n) is 9.00. The Labute approximate surface area is 199 Å². The van der Waals surface area contributed by atoms with E-state index >= 15 is 0 Å². The number of anilines is 2. The first kappa shape index (κ1) is 23.4. The predicted molar refractivity (Wildman–Crippen MR) is 125 cm³/mol. The highest BCUT2D eigenvalue weighted by Gasteiger charge is 2.32. The molecule has 2 saturated heterocycles. The molecule has 3 aromatic rings. The maximum atomic E-state index is 13.3. The molecule has 0 amide bonds. The van der Waals surface area contributed by atoms with E-state index in [0.717, 1.165) is 0 Å². The zero-order valence-electron chi connectivity index (χ0n) is 18.6. The number of carbonyl (C=O) groups is 1. The van der Waals surface area contributed by atoms with Crippen molar-refractivity contribution in [1.82, 2.24) is 19.7 Å². The third-order valence-corrected chi connectivity index (χ3v) is 8.10. The SMILES string of the molecule is O=C(O)CC1CN(c2nc(NC3CCS(=O)(=O)CC3)nc3c2cnn3-c2cccc(C(F)F)c2)C1. The van der Waals surface area contributed by atoms with E-state index in [1.54, 1.807) is 12.3 Å². The third kappa shape index (κ3) is 4.90. The molecule has 0 aliphatic carbocycles. The molecule has 0 saturated carbocycles. The summed E-state index contributed by atoms with van der Waals surface area (Å²) in [5, 5.41) is 17.3. The molecule has 2 aliphatic heterocycles. The second-order valence-corrected chi connectivity index (χ2v) is 11.3. The van der Waals surface area contributed by atoms with Gasteiger partial charge in [0, 0.05) is 30.6 Å². The first-order valence-corrected chi connectivity index (χ1v) is 13.1. The molecule has 5 rings (SSSR count). The van der Waals surface area contributed by atoms with Crippen LogP contribution < -0.4 is 10.2 Å². The summed E-state index contributed by atoms with van der Waals surface area (Å²) in [6, 6.07) is 5.75. The minimum absolute atomic E-state index is 0.00440. The summed E-state index contributed by atoms with van der Waals surface area (Å²) >= 11 is 0. The number of hydrogen-bond donors (Lipinski definition) is 2. The summed E-state index contributed by atoms with van der Waals surface area (Å²) in [5.41, 5.74) is 0.694. The van der Waals surface area contributed by atoms with E-state index in [-0.39, 0.29) is 41.4 Å². The van der Waals surface area contributed by atoms with Gasteiger partial charge in [0.2, 0.25) is 5.95 Å². The van der Waals surface area contributed by atoms with Crippen molar-refractivity contribution in [3.8, 4) is 5.69 Å². The molecular weight excluding hydrogens is 482 g/mol. The number of nitrogens with zero attached hydrogens (tertiary/aromatic N) is 5. The van der Waals surface area contributed by atoms with Crippen LogP contribution in [-0.4, -0.2) is 69.9 Å². The van der Waals surface area contributed by atoms with Gasteiger partial charge in [0.05, 0.1) is 35.2 Å². The predicted octanol–water partition coefficient (Wildman–Crippen LogP) is 2.65. The highest BCUT2D eigenvalue weighted by atomic mass is 32.2. The van der Waals surface area contributed by atoms with Crippen molar-refractivity contribution in [2.24, 2.45) is 5.92 Å². The molecule has 0 unspecified atom stereocenters. The fourth-order valence-corrected chi connectivity index (χ4v) is 6.01. The fraction of sp³-hybridized carbons (Fsp3) is 0.455. The van der Waals surface area contributed by atoms with Crippen LogP contribution in [0.25, 0.3) is 16.7 Å². The van der Waals surface area contributed by atoms with Crippen molar-refractivity contribution in [2.75, 3.05) is 34.8 Å². The van der Waals surface area contributed by atoms with Crippen molar-refractivity contribution in [2.45, 2.75) is 31.7 Å². The van der Waals surface area contributed by atoms with Crippen LogP contribution in [0.2, 0.25) is 0 Å². The van der Waals surface area contributed by atoms with Crippen LogP contribution in [0.3, 0.4) is 0 Å². The summed E-state index contributed by atoms with van der Waals surface area (Å²) in [6.45, 7) is 1.01. The number of benzene rings is 1. The Morgan fingerprint density at radius 1 is 1.20 bits per heavy atom. The van der Waals surface area contributed by atoms with Crippen LogP contribution >= 0.6 is 0 Å². The second kappa shape index (κ2) is 9.02. The van der Waals surface area contributed by atoms with E-state index in [1.807, 2.05) is 4.90 Å². The van der Waals surface area contributed by atoms with Gasteiger partial charge in [-0.05, 0) is 25.0 Å². The van der Waals surface area contributed by atoms with Gasteiger partial charge in [-0.3, -0.25) is 4.79 Å². The molecule has 0 spiro atoms. The van der Waals surface area contributed by atoms with Crippen LogP contribution in [0.15, 0.2) is 30.5 Å². The highest BCUT2D eigenvalue weighted by Crippen LogP contribution is 2.33. The van der Waals surface area contributed by atoms with E-state index in [4.69, 9.17) is 5.11 Å². The summed E-state index contributed by atoms with van der Waals surface area (Å²) in [4.78, 5) is 22.3. The van der Waals surface area contributed by atoms with Crippen LogP contribution in [0, 0.1) is 5.92 Å². The van der Waals surface area contributed by atoms with Crippen molar-refractivity contribution in [1.29, 1.82) is 0 Å². The van der Waals surface area contributed by atoms with Gasteiger partial charge in [0.25, 0.3) is 6.43 Å². The van der Waals surface area contributed by atoms with Crippen LogP contribution in [-0.2, 0) is 14.6 Å². The van der Waals surface area contributed by atoms with Gasteiger partial charge >= 0.3 is 5.97 Å². The van der Waals surface area contributed by atoms with Crippen LogP contribution in [0.4, 0.5) is 20.5 Å². The number of halogens is 2. The maximum absolute atomic E-state index is 13.3. The molecule has 2 N–H and O–H groups in total. The molecule has 186 valence electrons. The lowest BCUT2D eigenvalue weighted by Gasteiger charge is -2.39. The maximum Gasteiger partial charge on any atom is 0.303 e. The number of alkyl halides is 2. The van der Waals surface area contributed by atoms with E-state index < -0.39 is 22.2 Å². The van der Waals surface area contributed by atoms with Crippen molar-refractivity contribution < 1.29 is 27.1 Å². The standard InChI is InChI=1S/C22H24F2N6O4S/c23-19(24)14-2-1-3-16(9-14)30-21-17(10-25-30)20(29-11-13(12-29)8-18(31)32)27-22(28-21)26-15-4-6-35(33,34)7-5-15/h1-3,9-10,13,15,19H,4-8,11-12H2,(H,31,32)(H,26,27,28). The van der Waals surface area contributed by atoms with E-state index in [1.165, 1.54) is 22.9 Å². The topological polar surface area (TPSA) is 130 Å². The molecule has 0 bridgehead atoms. The fourth-order valence-electron chi connectivity index (χ4n) is 4.52. The number of carboxylic acid groups (broad SMARTS) is 1. The Balaban J connectivity index is 1.51. The molecule has 2 aromatic heterocycles. The molecule has 10 nitrogen and oxygen atoms in total. The molecule has 1 aromatic carbocycles. The van der Waals surface area contributed by atoms with Gasteiger partial charge in [-0.25, -0.2) is 21.9 Å². The van der Waals surface area contributed by atoms with Crippen LogP contribution in [0.1, 0.15) is 31.3 Å². The Hall–Kier alpha value is -3.35. The number of aliphatic carboxylic acids is 1. The molecule has 2 aliphatic rings. The number of rotatable bonds is 7. The molecule has 2 fully saturated rings. The molecule has 0 radical (unpaired) electrons. The number of nitrogens with one attached hydrogen (secondary N) is 1. The lowest BCUT2D eigenvalue weighted by Crippen LogP contribution is -2.48. The van der Waals surface area contributed by atoms with E-state index in [0.29, 0.717) is 48.5 Å². The van der Waals surface area contributed by atoms with Crippen molar-refractivity contribution in [3.05, 3.63) is 36.0 Å². The molecule has 4 heterocycles. The Morgan fingerprint density at radius 3 is 2.63 bits per heavy atom. The summed E-state index contributed by atoms with van der Waals surface area (Å²) in [6.07, 6.45) is -0.139. The monoisotopic (exact) mass is 506 g/mol.